The lowest BCUT2D eigenvalue weighted by Crippen LogP contribution is -2.22. The molecule has 0 saturated carbocycles. The number of hydrogen-bond donors (Lipinski definition) is 0. The topological polar surface area (TPSA) is 73.8 Å². The first-order valence-electron chi connectivity index (χ1n) is 10.2. The van der Waals surface area contributed by atoms with E-state index in [9.17, 15) is 4.79 Å². The zero-order chi connectivity index (χ0) is 22.1. The number of para-hydroxylation sites is 1. The number of rotatable bonds is 5. The number of thioether (sulfide) groups is 1. The second kappa shape index (κ2) is 8.43. The van der Waals surface area contributed by atoms with Crippen LogP contribution < -0.4 is 5.56 Å². The van der Waals surface area contributed by atoms with Crippen LogP contribution in [0.1, 0.15) is 17.0 Å². The van der Waals surface area contributed by atoms with Crippen LogP contribution in [-0.2, 0) is 5.75 Å². The average molecular weight is 441 g/mol. The summed E-state index contributed by atoms with van der Waals surface area (Å²) in [5, 5.41) is 9.50. The highest BCUT2D eigenvalue weighted by Crippen LogP contribution is 2.27. The highest BCUT2D eigenvalue weighted by Gasteiger charge is 2.17. The van der Waals surface area contributed by atoms with E-state index >= 15 is 0 Å². The molecule has 7 heteroatoms. The van der Waals surface area contributed by atoms with Crippen LogP contribution in [0.25, 0.3) is 28.0 Å². The van der Waals surface area contributed by atoms with Gasteiger partial charge in [0, 0.05) is 5.56 Å². The molecule has 0 aliphatic rings. The average Bonchev–Trinajstić information content (AvgIpc) is 3.29. The second-order valence-corrected chi connectivity index (χ2v) is 8.44. The summed E-state index contributed by atoms with van der Waals surface area (Å²) >= 11 is 1.40. The van der Waals surface area contributed by atoms with E-state index < -0.39 is 0 Å². The van der Waals surface area contributed by atoms with E-state index in [1.165, 1.54) is 11.8 Å². The van der Waals surface area contributed by atoms with Gasteiger partial charge in [-0.3, -0.25) is 9.36 Å². The lowest BCUT2D eigenvalue weighted by Gasteiger charge is -2.15. The van der Waals surface area contributed by atoms with E-state index in [-0.39, 0.29) is 5.56 Å². The molecule has 6 nitrogen and oxygen atoms in total. The Bertz CT molecular complexity index is 1470. The number of aryl methyl sites for hydroxylation is 2. The van der Waals surface area contributed by atoms with E-state index in [0.717, 1.165) is 22.4 Å². The van der Waals surface area contributed by atoms with Gasteiger partial charge in [0.25, 0.3) is 5.56 Å². The van der Waals surface area contributed by atoms with Crippen molar-refractivity contribution < 1.29 is 4.42 Å². The predicted molar refractivity (Wildman–Crippen MR) is 126 cm³/mol. The Balaban J connectivity index is 1.56. The van der Waals surface area contributed by atoms with E-state index in [1.54, 1.807) is 4.57 Å². The molecule has 0 fully saturated rings. The van der Waals surface area contributed by atoms with Crippen LogP contribution in [0.2, 0.25) is 0 Å². The number of benzene rings is 3. The molecule has 5 rings (SSSR count). The Hall–Kier alpha value is -3.71. The first-order chi connectivity index (χ1) is 15.6. The van der Waals surface area contributed by atoms with Gasteiger partial charge >= 0.3 is 0 Å². The third kappa shape index (κ3) is 3.83. The van der Waals surface area contributed by atoms with Crippen molar-refractivity contribution >= 4 is 22.7 Å². The number of hydrogen-bond acceptors (Lipinski definition) is 6. The van der Waals surface area contributed by atoms with Crippen molar-refractivity contribution in [3.8, 4) is 17.1 Å². The van der Waals surface area contributed by atoms with Gasteiger partial charge < -0.3 is 4.42 Å². The fourth-order valence-corrected chi connectivity index (χ4v) is 4.36. The summed E-state index contributed by atoms with van der Waals surface area (Å²) in [6, 6.07) is 23.1. The molecule has 0 aliphatic carbocycles. The van der Waals surface area contributed by atoms with Gasteiger partial charge in [0.05, 0.1) is 22.3 Å². The van der Waals surface area contributed by atoms with Gasteiger partial charge in [0.15, 0.2) is 5.16 Å². The zero-order valence-electron chi connectivity index (χ0n) is 17.6. The smallest absolute Gasteiger partial charge is 0.266 e. The summed E-state index contributed by atoms with van der Waals surface area (Å²) in [7, 11) is 0. The highest BCUT2D eigenvalue weighted by atomic mass is 32.2. The quantitative estimate of drug-likeness (QED) is 0.271. The van der Waals surface area contributed by atoms with Crippen molar-refractivity contribution in [2.45, 2.75) is 24.8 Å². The van der Waals surface area contributed by atoms with Crippen molar-refractivity contribution in [2.75, 3.05) is 0 Å². The molecule has 0 spiro atoms. The van der Waals surface area contributed by atoms with Gasteiger partial charge in [-0.05, 0) is 55.3 Å². The van der Waals surface area contributed by atoms with Gasteiger partial charge in [-0.2, -0.15) is 0 Å². The maximum absolute atomic E-state index is 13.5. The molecule has 0 radical (unpaired) electrons. The molecule has 2 heterocycles. The first kappa shape index (κ1) is 20.2. The van der Waals surface area contributed by atoms with Crippen molar-refractivity contribution in [3.63, 3.8) is 0 Å². The minimum Gasteiger partial charge on any atom is -0.420 e. The normalized spacial score (nSPS) is 11.2. The van der Waals surface area contributed by atoms with E-state index in [0.29, 0.717) is 33.6 Å². The molecule has 0 aliphatic heterocycles. The molecule has 5 aromatic rings. The van der Waals surface area contributed by atoms with E-state index in [4.69, 9.17) is 9.40 Å². The van der Waals surface area contributed by atoms with Crippen molar-refractivity contribution in [2.24, 2.45) is 0 Å². The lowest BCUT2D eigenvalue weighted by molar-refractivity contribution is 0.528. The molecule has 0 amide bonds. The minimum atomic E-state index is -0.0951. The standard InChI is InChI=1S/C25H20N4O2S/c1-16-12-13-17(2)21(14-16)29-24(30)19-10-6-7-11-20(19)26-25(29)32-15-22-27-28-23(31-22)18-8-4-3-5-9-18/h3-14H,15H2,1-2H3. The maximum atomic E-state index is 13.5. The van der Waals surface area contributed by atoms with Crippen LogP contribution in [0.15, 0.2) is 87.2 Å². The summed E-state index contributed by atoms with van der Waals surface area (Å²) in [4.78, 5) is 18.3. The molecule has 0 saturated heterocycles. The minimum absolute atomic E-state index is 0.0951. The Labute approximate surface area is 189 Å². The monoisotopic (exact) mass is 440 g/mol. The Kier molecular flexibility index (Phi) is 5.33. The molecule has 3 aromatic carbocycles. The molecule has 0 unspecified atom stereocenters. The summed E-state index contributed by atoms with van der Waals surface area (Å²) in [5.74, 6) is 1.35. The van der Waals surface area contributed by atoms with Crippen molar-refractivity contribution in [1.29, 1.82) is 0 Å². The summed E-state index contributed by atoms with van der Waals surface area (Å²) in [6.45, 7) is 4.01. The van der Waals surface area contributed by atoms with E-state index in [1.807, 2.05) is 86.6 Å². The number of aromatic nitrogens is 4. The first-order valence-corrected chi connectivity index (χ1v) is 11.2. The fourth-order valence-electron chi connectivity index (χ4n) is 3.52. The zero-order valence-corrected chi connectivity index (χ0v) is 18.5. The number of fused-ring (bicyclic) bond motifs is 1. The van der Waals surface area contributed by atoms with Crippen LogP contribution in [0.3, 0.4) is 0 Å². The van der Waals surface area contributed by atoms with Gasteiger partial charge in [-0.1, -0.05) is 54.2 Å². The second-order valence-electron chi connectivity index (χ2n) is 7.50. The molecule has 2 aromatic heterocycles. The van der Waals surface area contributed by atoms with Crippen LogP contribution in [0, 0.1) is 13.8 Å². The third-order valence-corrected chi connectivity index (χ3v) is 6.09. The van der Waals surface area contributed by atoms with Crippen molar-refractivity contribution in [3.05, 3.63) is 100 Å². The fraction of sp³-hybridized carbons (Fsp3) is 0.120. The SMILES string of the molecule is Cc1ccc(C)c(-n2c(SCc3nnc(-c4ccccc4)o3)nc3ccccc3c2=O)c1. The van der Waals surface area contributed by atoms with Gasteiger partial charge in [-0.25, -0.2) is 4.98 Å². The maximum Gasteiger partial charge on any atom is 0.266 e. The molecule has 0 bridgehead atoms. The summed E-state index contributed by atoms with van der Waals surface area (Å²) in [6.07, 6.45) is 0. The predicted octanol–water partition coefficient (Wildman–Crippen LogP) is 5.34. The van der Waals surface area contributed by atoms with Crippen molar-refractivity contribution in [1.82, 2.24) is 19.7 Å². The summed E-state index contributed by atoms with van der Waals surface area (Å²) < 4.78 is 7.52. The van der Waals surface area contributed by atoms with Gasteiger partial charge in [0.1, 0.15) is 0 Å². The highest BCUT2D eigenvalue weighted by molar-refractivity contribution is 7.98. The molecule has 158 valence electrons. The van der Waals surface area contributed by atoms with Crippen LogP contribution in [-0.4, -0.2) is 19.7 Å². The van der Waals surface area contributed by atoms with Crippen LogP contribution >= 0.6 is 11.8 Å². The van der Waals surface area contributed by atoms with E-state index in [2.05, 4.69) is 10.2 Å². The summed E-state index contributed by atoms with van der Waals surface area (Å²) in [5.41, 5.74) is 4.34. The largest absolute Gasteiger partial charge is 0.420 e. The Morgan fingerprint density at radius 2 is 1.72 bits per heavy atom. The van der Waals surface area contributed by atoms with Gasteiger partial charge in [-0.15, -0.1) is 10.2 Å². The molecule has 32 heavy (non-hydrogen) atoms. The molecule has 0 atom stereocenters. The number of nitrogens with zero attached hydrogens (tertiary/aromatic N) is 4. The molecule has 0 N–H and O–H groups in total. The Morgan fingerprint density at radius 1 is 0.938 bits per heavy atom. The lowest BCUT2D eigenvalue weighted by atomic mass is 10.1. The van der Waals surface area contributed by atoms with Gasteiger partial charge in [0.2, 0.25) is 11.8 Å². The van der Waals surface area contributed by atoms with Crippen LogP contribution in [0.5, 0.6) is 0 Å². The van der Waals surface area contributed by atoms with Crippen LogP contribution in [0.4, 0.5) is 0 Å². The molecular weight excluding hydrogens is 420 g/mol. The molecular formula is C25H20N4O2S. The third-order valence-electron chi connectivity index (χ3n) is 5.16. The Morgan fingerprint density at radius 3 is 2.56 bits per heavy atom.